The van der Waals surface area contributed by atoms with Gasteiger partial charge in [0, 0.05) is 17.8 Å². The number of anilines is 1. The molecule has 3 aliphatic rings. The maximum atomic E-state index is 5.91. The number of nitrogens with zero attached hydrogens (tertiary/aromatic N) is 4. The summed E-state index contributed by atoms with van der Waals surface area (Å²) in [7, 11) is 0. The van der Waals surface area contributed by atoms with E-state index in [4.69, 9.17) is 10.5 Å². The monoisotopic (exact) mass is 444 g/mol. The number of H-pyrrole nitrogens is 1. The van der Waals surface area contributed by atoms with Gasteiger partial charge in [0.15, 0.2) is 11.5 Å². The third-order valence-corrected chi connectivity index (χ3v) is 6.69. The third kappa shape index (κ3) is 4.92. The van der Waals surface area contributed by atoms with E-state index in [1.807, 2.05) is 20.0 Å². The molecule has 2 aliphatic carbocycles. The van der Waals surface area contributed by atoms with Crippen molar-refractivity contribution in [2.45, 2.75) is 76.7 Å². The molecule has 0 saturated heterocycles. The number of rotatable bonds is 3. The Morgan fingerprint density at radius 1 is 0.939 bits per heavy atom. The van der Waals surface area contributed by atoms with Crippen LogP contribution in [0.5, 0.6) is 5.88 Å². The number of fused-ring (bicyclic) bond motifs is 1. The topological polar surface area (TPSA) is 102 Å². The first kappa shape index (κ1) is 21.6. The van der Waals surface area contributed by atoms with Gasteiger partial charge in [0.2, 0.25) is 5.88 Å². The van der Waals surface area contributed by atoms with Gasteiger partial charge in [-0.3, -0.25) is 0 Å². The number of benzene rings is 1. The van der Waals surface area contributed by atoms with Gasteiger partial charge in [0.05, 0.1) is 5.71 Å². The SMILES string of the molecule is CC1Oc2ncnc(N)c2N=C1c1ccc(C2CCCCC2)cc1.Cc1cnc(C2CC2)[nH]1. The number of aliphatic imine (C=N–C) groups is 1. The minimum absolute atomic E-state index is 0.160. The Hall–Kier alpha value is -3.22. The number of nitrogens with two attached hydrogens (primary N) is 1. The Morgan fingerprint density at radius 2 is 1.70 bits per heavy atom. The van der Waals surface area contributed by atoms with E-state index in [9.17, 15) is 0 Å². The second kappa shape index (κ2) is 9.33. The average molecular weight is 445 g/mol. The highest BCUT2D eigenvalue weighted by Crippen LogP contribution is 2.38. The highest BCUT2D eigenvalue weighted by Gasteiger charge is 2.26. The molecule has 1 aromatic carbocycles. The Morgan fingerprint density at radius 3 is 2.36 bits per heavy atom. The lowest BCUT2D eigenvalue weighted by Crippen LogP contribution is -2.28. The first-order valence-electron chi connectivity index (χ1n) is 12.1. The molecular weight excluding hydrogens is 412 g/mol. The summed E-state index contributed by atoms with van der Waals surface area (Å²) in [6.07, 6.45) is 12.5. The van der Waals surface area contributed by atoms with Gasteiger partial charge in [-0.2, -0.15) is 4.98 Å². The van der Waals surface area contributed by atoms with Crippen LogP contribution in [-0.2, 0) is 0 Å². The number of nitrogens with one attached hydrogen (secondary N) is 1. The van der Waals surface area contributed by atoms with Crippen molar-refractivity contribution in [3.8, 4) is 5.88 Å². The molecule has 1 unspecified atom stereocenters. The minimum Gasteiger partial charge on any atom is -0.466 e. The van der Waals surface area contributed by atoms with Gasteiger partial charge in [-0.1, -0.05) is 43.5 Å². The fraction of sp³-hybridized carbons (Fsp3) is 0.462. The number of hydrogen-bond acceptors (Lipinski definition) is 6. The summed E-state index contributed by atoms with van der Waals surface area (Å²) in [4.78, 5) is 20.2. The van der Waals surface area contributed by atoms with Gasteiger partial charge in [0.1, 0.15) is 18.3 Å². The standard InChI is InChI=1S/C19H22N4O.C7H10N2/c1-12-16(23-17-18(20)21-11-22-19(17)24-12)15-9-7-14(8-10-15)13-5-3-2-4-6-13;1-5-4-8-7(9-5)6-2-3-6/h7-13H,2-6H2,1H3,(H2,20,21,22);4,6H,2-3H2,1H3,(H,8,9). The molecule has 2 fully saturated rings. The van der Waals surface area contributed by atoms with Crippen molar-refractivity contribution >= 4 is 17.2 Å². The van der Waals surface area contributed by atoms with E-state index in [0.717, 1.165) is 17.2 Å². The summed E-state index contributed by atoms with van der Waals surface area (Å²) >= 11 is 0. The number of ether oxygens (including phenoxy) is 1. The van der Waals surface area contributed by atoms with Crippen LogP contribution >= 0.6 is 0 Å². The zero-order valence-electron chi connectivity index (χ0n) is 19.4. The molecule has 172 valence electrons. The van der Waals surface area contributed by atoms with Gasteiger partial charge in [0.25, 0.3) is 0 Å². The molecule has 3 aromatic rings. The summed E-state index contributed by atoms with van der Waals surface area (Å²) in [5.41, 5.74) is 11.0. The first-order valence-corrected chi connectivity index (χ1v) is 12.1. The van der Waals surface area contributed by atoms with Crippen molar-refractivity contribution < 1.29 is 4.74 Å². The predicted octanol–water partition coefficient (Wildman–Crippen LogP) is 5.60. The van der Waals surface area contributed by atoms with Crippen molar-refractivity contribution in [1.82, 2.24) is 19.9 Å². The number of nitrogen functional groups attached to an aromatic ring is 1. The zero-order valence-corrected chi connectivity index (χ0v) is 19.4. The van der Waals surface area contributed by atoms with E-state index in [1.165, 1.54) is 68.4 Å². The third-order valence-electron chi connectivity index (χ3n) is 6.69. The summed E-state index contributed by atoms with van der Waals surface area (Å²) in [6.45, 7) is 4.02. The average Bonchev–Trinajstić information content (AvgIpc) is 3.60. The highest BCUT2D eigenvalue weighted by molar-refractivity contribution is 6.06. The van der Waals surface area contributed by atoms with Gasteiger partial charge in [-0.05, 0) is 56.6 Å². The Labute approximate surface area is 194 Å². The van der Waals surface area contributed by atoms with Crippen LogP contribution in [0.25, 0.3) is 0 Å². The highest BCUT2D eigenvalue weighted by atomic mass is 16.5. The second-order valence-corrected chi connectivity index (χ2v) is 9.35. The lowest BCUT2D eigenvalue weighted by molar-refractivity contribution is 0.272. The number of hydrogen-bond donors (Lipinski definition) is 2. The van der Waals surface area contributed by atoms with E-state index in [-0.39, 0.29) is 6.10 Å². The molecule has 7 nitrogen and oxygen atoms in total. The van der Waals surface area contributed by atoms with Crippen molar-refractivity contribution in [2.75, 3.05) is 5.73 Å². The fourth-order valence-electron chi connectivity index (χ4n) is 4.66. The molecule has 1 aliphatic heterocycles. The van der Waals surface area contributed by atoms with Gasteiger partial charge < -0.3 is 15.5 Å². The largest absolute Gasteiger partial charge is 0.466 e. The van der Waals surface area contributed by atoms with Crippen molar-refractivity contribution in [3.05, 3.63) is 59.4 Å². The predicted molar refractivity (Wildman–Crippen MR) is 130 cm³/mol. The maximum Gasteiger partial charge on any atom is 0.246 e. The van der Waals surface area contributed by atoms with Crippen molar-refractivity contribution in [3.63, 3.8) is 0 Å². The van der Waals surface area contributed by atoms with Crippen LogP contribution < -0.4 is 10.5 Å². The number of imidazole rings is 1. The smallest absolute Gasteiger partial charge is 0.246 e. The fourth-order valence-corrected chi connectivity index (χ4v) is 4.66. The lowest BCUT2D eigenvalue weighted by Gasteiger charge is -2.24. The van der Waals surface area contributed by atoms with Crippen LogP contribution in [-0.4, -0.2) is 31.8 Å². The van der Waals surface area contributed by atoms with E-state index < -0.39 is 0 Å². The second-order valence-electron chi connectivity index (χ2n) is 9.35. The number of aromatic amines is 1. The minimum atomic E-state index is -0.160. The Balaban J connectivity index is 0.000000211. The Bertz CT molecular complexity index is 1130. The van der Waals surface area contributed by atoms with Gasteiger partial charge in [-0.15, -0.1) is 0 Å². The number of aryl methyl sites for hydroxylation is 1. The molecule has 1 atom stereocenters. The molecule has 0 bridgehead atoms. The van der Waals surface area contributed by atoms with Crippen molar-refractivity contribution in [2.24, 2.45) is 4.99 Å². The summed E-state index contributed by atoms with van der Waals surface area (Å²) in [6, 6.07) is 8.77. The first-order chi connectivity index (χ1) is 16.1. The quantitative estimate of drug-likeness (QED) is 0.547. The summed E-state index contributed by atoms with van der Waals surface area (Å²) in [5.74, 6) is 3.46. The molecule has 7 heteroatoms. The van der Waals surface area contributed by atoms with E-state index >= 15 is 0 Å². The molecule has 2 aromatic heterocycles. The lowest BCUT2D eigenvalue weighted by atomic mass is 9.83. The van der Waals surface area contributed by atoms with Crippen LogP contribution in [0.1, 0.15) is 86.4 Å². The van der Waals surface area contributed by atoms with Gasteiger partial charge in [-0.25, -0.2) is 15.0 Å². The van der Waals surface area contributed by atoms with E-state index in [1.54, 1.807) is 0 Å². The number of aromatic nitrogens is 4. The summed E-state index contributed by atoms with van der Waals surface area (Å²) < 4.78 is 5.86. The molecule has 0 radical (unpaired) electrons. The normalized spacial score (nSPS) is 20.2. The molecule has 0 spiro atoms. The molecule has 3 N–H and O–H groups in total. The Kier molecular flexibility index (Phi) is 6.11. The van der Waals surface area contributed by atoms with Gasteiger partial charge >= 0.3 is 0 Å². The van der Waals surface area contributed by atoms with Crippen LogP contribution in [0, 0.1) is 6.92 Å². The summed E-state index contributed by atoms with van der Waals surface area (Å²) in [5, 5.41) is 0. The molecule has 0 amide bonds. The molecule has 3 heterocycles. The molecular formula is C26H32N6O. The van der Waals surface area contributed by atoms with Crippen molar-refractivity contribution in [1.29, 1.82) is 0 Å². The maximum absolute atomic E-state index is 5.91. The van der Waals surface area contributed by atoms with E-state index in [0.29, 0.717) is 23.3 Å². The van der Waals surface area contributed by atoms with Crippen LogP contribution in [0.2, 0.25) is 0 Å². The molecule has 6 rings (SSSR count). The van der Waals surface area contributed by atoms with Crippen LogP contribution in [0.4, 0.5) is 11.5 Å². The van der Waals surface area contributed by atoms with Crippen LogP contribution in [0.3, 0.4) is 0 Å². The molecule has 33 heavy (non-hydrogen) atoms. The molecule has 2 saturated carbocycles. The van der Waals surface area contributed by atoms with Crippen LogP contribution in [0.15, 0.2) is 41.8 Å². The zero-order chi connectivity index (χ0) is 22.8. The van der Waals surface area contributed by atoms with E-state index in [2.05, 4.69) is 49.2 Å².